The molecule has 0 saturated carbocycles. The van der Waals surface area contributed by atoms with Crippen molar-refractivity contribution >= 4 is 22.6 Å². The Balaban J connectivity index is 1.38. The first-order valence-corrected chi connectivity index (χ1v) is 10.4. The van der Waals surface area contributed by atoms with Crippen molar-refractivity contribution in [3.8, 4) is 5.69 Å². The molecule has 1 aliphatic heterocycles. The molecular formula is C24H23N5O2. The predicted molar refractivity (Wildman–Crippen MR) is 120 cm³/mol. The van der Waals surface area contributed by atoms with E-state index in [-0.39, 0.29) is 30.5 Å². The minimum atomic E-state index is -0.189. The number of aromatic nitrogens is 4. The Morgan fingerprint density at radius 3 is 2.71 bits per heavy atom. The first kappa shape index (κ1) is 19.2. The van der Waals surface area contributed by atoms with Gasteiger partial charge in [0.2, 0.25) is 5.91 Å². The number of nitrogens with zero attached hydrogens (tertiary/aromatic N) is 5. The Labute approximate surface area is 179 Å². The lowest BCUT2D eigenvalue weighted by Crippen LogP contribution is -2.36. The summed E-state index contributed by atoms with van der Waals surface area (Å²) in [5, 5.41) is 4.80. The highest BCUT2D eigenvalue weighted by molar-refractivity contribution is 5.96. The zero-order chi connectivity index (χ0) is 21.5. The van der Waals surface area contributed by atoms with Gasteiger partial charge in [-0.05, 0) is 44.0 Å². The second-order valence-electron chi connectivity index (χ2n) is 8.07. The van der Waals surface area contributed by atoms with Gasteiger partial charge in [0, 0.05) is 24.7 Å². The monoisotopic (exact) mass is 413 g/mol. The maximum atomic E-state index is 13.0. The first-order valence-electron chi connectivity index (χ1n) is 10.4. The molecular weight excluding hydrogens is 390 g/mol. The van der Waals surface area contributed by atoms with Crippen LogP contribution in [0.5, 0.6) is 0 Å². The third-order valence-electron chi connectivity index (χ3n) is 5.88. The van der Waals surface area contributed by atoms with E-state index in [1.165, 1.54) is 16.5 Å². The van der Waals surface area contributed by atoms with Gasteiger partial charge in [0.15, 0.2) is 5.65 Å². The molecule has 2 aromatic carbocycles. The quantitative estimate of drug-likeness (QED) is 0.515. The molecule has 0 bridgehead atoms. The standard InChI is InChI=1S/C24H23N5O2/c1-16-7-9-19(10-8-16)29-23-20(14-26-29)24(31)27(15-25-23)12-11-22(30)28-17(2)13-18-5-3-4-6-21(18)28/h3-10,14-15,17H,11-13H2,1-2H3. The maximum Gasteiger partial charge on any atom is 0.264 e. The van der Waals surface area contributed by atoms with Gasteiger partial charge in [-0.15, -0.1) is 0 Å². The number of rotatable bonds is 4. The fourth-order valence-corrected chi connectivity index (χ4v) is 4.26. The van der Waals surface area contributed by atoms with Crippen LogP contribution < -0.4 is 10.5 Å². The van der Waals surface area contributed by atoms with E-state index in [4.69, 9.17) is 0 Å². The normalized spacial score (nSPS) is 15.4. The fourth-order valence-electron chi connectivity index (χ4n) is 4.26. The molecule has 4 aromatic rings. The Morgan fingerprint density at radius 1 is 1.13 bits per heavy atom. The molecule has 2 aromatic heterocycles. The van der Waals surface area contributed by atoms with Crippen LogP contribution in [0.4, 0.5) is 5.69 Å². The topological polar surface area (TPSA) is 73.0 Å². The van der Waals surface area contributed by atoms with Crippen LogP contribution in [-0.4, -0.2) is 31.3 Å². The van der Waals surface area contributed by atoms with Crippen LogP contribution in [0.1, 0.15) is 24.5 Å². The number of amides is 1. The van der Waals surface area contributed by atoms with E-state index in [1.54, 1.807) is 10.9 Å². The van der Waals surface area contributed by atoms with E-state index >= 15 is 0 Å². The van der Waals surface area contributed by atoms with Crippen molar-refractivity contribution in [1.29, 1.82) is 0 Å². The molecule has 1 aliphatic rings. The highest BCUT2D eigenvalue weighted by Gasteiger charge is 2.30. The molecule has 5 rings (SSSR count). The van der Waals surface area contributed by atoms with E-state index in [2.05, 4.69) is 23.1 Å². The van der Waals surface area contributed by atoms with E-state index in [9.17, 15) is 9.59 Å². The SMILES string of the molecule is Cc1ccc(-n2ncc3c(=O)n(CCC(=O)N4c5ccccc5CC4C)cnc32)cc1. The third kappa shape index (κ3) is 3.32. The number of hydrogen-bond donors (Lipinski definition) is 0. The minimum Gasteiger partial charge on any atom is -0.309 e. The molecule has 7 heteroatoms. The lowest BCUT2D eigenvalue weighted by Gasteiger charge is -2.23. The largest absolute Gasteiger partial charge is 0.309 e. The molecule has 0 aliphatic carbocycles. The summed E-state index contributed by atoms with van der Waals surface area (Å²) in [6.07, 6.45) is 4.14. The number of hydrogen-bond acceptors (Lipinski definition) is 4. The average molecular weight is 413 g/mol. The maximum absolute atomic E-state index is 13.0. The van der Waals surface area contributed by atoms with Crippen molar-refractivity contribution in [1.82, 2.24) is 19.3 Å². The van der Waals surface area contributed by atoms with E-state index in [1.807, 2.05) is 54.3 Å². The molecule has 0 radical (unpaired) electrons. The highest BCUT2D eigenvalue weighted by Crippen LogP contribution is 2.32. The van der Waals surface area contributed by atoms with E-state index < -0.39 is 0 Å². The second kappa shape index (κ2) is 7.50. The first-order chi connectivity index (χ1) is 15.0. The number of benzene rings is 2. The van der Waals surface area contributed by atoms with Crippen LogP contribution in [0.25, 0.3) is 16.7 Å². The van der Waals surface area contributed by atoms with Gasteiger partial charge in [0.25, 0.3) is 5.56 Å². The van der Waals surface area contributed by atoms with Gasteiger partial charge >= 0.3 is 0 Å². The smallest absolute Gasteiger partial charge is 0.264 e. The van der Waals surface area contributed by atoms with Crippen molar-refractivity contribution in [2.24, 2.45) is 0 Å². The summed E-state index contributed by atoms with van der Waals surface area (Å²) in [5.74, 6) is 0.0137. The minimum absolute atomic E-state index is 0.0137. The summed E-state index contributed by atoms with van der Waals surface area (Å²) in [6.45, 7) is 4.35. The summed E-state index contributed by atoms with van der Waals surface area (Å²) in [7, 11) is 0. The van der Waals surface area contributed by atoms with Gasteiger partial charge in [-0.25, -0.2) is 9.67 Å². The Hall–Kier alpha value is -3.74. The Bertz CT molecular complexity index is 1340. The second-order valence-corrected chi connectivity index (χ2v) is 8.07. The highest BCUT2D eigenvalue weighted by atomic mass is 16.2. The van der Waals surface area contributed by atoms with Crippen LogP contribution in [-0.2, 0) is 17.8 Å². The number of para-hydroxylation sites is 1. The average Bonchev–Trinajstić information content (AvgIpc) is 3.34. The molecule has 1 unspecified atom stereocenters. The lowest BCUT2D eigenvalue weighted by atomic mass is 10.1. The Kier molecular flexibility index (Phi) is 4.66. The van der Waals surface area contributed by atoms with Crippen molar-refractivity contribution < 1.29 is 4.79 Å². The molecule has 0 N–H and O–H groups in total. The van der Waals surface area contributed by atoms with Gasteiger partial charge in [-0.2, -0.15) is 5.10 Å². The van der Waals surface area contributed by atoms with Gasteiger partial charge in [0.1, 0.15) is 5.39 Å². The summed E-state index contributed by atoms with van der Waals surface area (Å²) in [4.78, 5) is 32.2. The molecule has 156 valence electrons. The fraction of sp³-hybridized carbons (Fsp3) is 0.250. The number of aryl methyl sites for hydroxylation is 2. The molecule has 1 atom stereocenters. The summed E-state index contributed by atoms with van der Waals surface area (Å²) >= 11 is 0. The van der Waals surface area contributed by atoms with Gasteiger partial charge in [-0.3, -0.25) is 14.2 Å². The van der Waals surface area contributed by atoms with Crippen molar-refractivity contribution in [2.75, 3.05) is 4.90 Å². The van der Waals surface area contributed by atoms with Crippen LogP contribution in [0.2, 0.25) is 0 Å². The van der Waals surface area contributed by atoms with Crippen LogP contribution in [0.15, 0.2) is 65.8 Å². The molecule has 0 fully saturated rings. The number of fused-ring (bicyclic) bond motifs is 2. The van der Waals surface area contributed by atoms with E-state index in [0.29, 0.717) is 11.0 Å². The molecule has 31 heavy (non-hydrogen) atoms. The molecule has 3 heterocycles. The molecule has 1 amide bonds. The van der Waals surface area contributed by atoms with Crippen molar-refractivity contribution in [3.63, 3.8) is 0 Å². The van der Waals surface area contributed by atoms with Crippen LogP contribution in [0.3, 0.4) is 0 Å². The lowest BCUT2D eigenvalue weighted by molar-refractivity contribution is -0.119. The third-order valence-corrected chi connectivity index (χ3v) is 5.88. The summed E-state index contributed by atoms with van der Waals surface area (Å²) < 4.78 is 3.16. The van der Waals surface area contributed by atoms with E-state index in [0.717, 1.165) is 23.4 Å². The number of anilines is 1. The zero-order valence-electron chi connectivity index (χ0n) is 17.5. The number of carbonyl (C=O) groups excluding carboxylic acids is 1. The number of carbonyl (C=O) groups is 1. The van der Waals surface area contributed by atoms with Crippen molar-refractivity contribution in [3.05, 3.63) is 82.5 Å². The summed E-state index contributed by atoms with van der Waals surface area (Å²) in [5.41, 5.74) is 4.48. The van der Waals surface area contributed by atoms with Crippen molar-refractivity contribution in [2.45, 2.75) is 39.3 Å². The molecule has 7 nitrogen and oxygen atoms in total. The zero-order valence-corrected chi connectivity index (χ0v) is 17.5. The molecule has 0 saturated heterocycles. The Morgan fingerprint density at radius 2 is 1.90 bits per heavy atom. The predicted octanol–water partition coefficient (Wildman–Crippen LogP) is 3.26. The van der Waals surface area contributed by atoms with Gasteiger partial charge < -0.3 is 4.90 Å². The molecule has 0 spiro atoms. The van der Waals surface area contributed by atoms with Gasteiger partial charge in [0.05, 0.1) is 18.2 Å². The summed E-state index contributed by atoms with van der Waals surface area (Å²) in [6, 6.07) is 16.0. The van der Waals surface area contributed by atoms with Crippen LogP contribution in [0, 0.1) is 6.92 Å². The van der Waals surface area contributed by atoms with Gasteiger partial charge in [-0.1, -0.05) is 35.9 Å². The van der Waals surface area contributed by atoms with Crippen LogP contribution >= 0.6 is 0 Å².